The number of rotatable bonds is 7. The van der Waals surface area contributed by atoms with Gasteiger partial charge in [0, 0.05) is 35.7 Å². The number of nitrogens with one attached hydrogen (secondary N) is 1. The van der Waals surface area contributed by atoms with Gasteiger partial charge in [-0.05, 0) is 30.5 Å². The van der Waals surface area contributed by atoms with Crippen LogP contribution < -0.4 is 5.32 Å². The maximum absolute atomic E-state index is 13.9. The zero-order valence-corrected chi connectivity index (χ0v) is 17.3. The number of carboxylic acid groups (broad SMARTS) is 1. The summed E-state index contributed by atoms with van der Waals surface area (Å²) in [5.74, 6) is -3.37. The molecule has 11 heteroatoms. The number of benzene rings is 2. The smallest absolute Gasteiger partial charge is 0.407 e. The summed E-state index contributed by atoms with van der Waals surface area (Å²) in [5, 5.41) is 21.4. The Balaban J connectivity index is 1.41. The van der Waals surface area contributed by atoms with Crippen LogP contribution in [-0.4, -0.2) is 32.2 Å². The third-order valence-corrected chi connectivity index (χ3v) is 5.90. The predicted octanol–water partition coefficient (Wildman–Crippen LogP) is 4.77. The van der Waals surface area contributed by atoms with Gasteiger partial charge < -0.3 is 5.11 Å². The van der Waals surface area contributed by atoms with Crippen molar-refractivity contribution in [3.8, 4) is 0 Å². The van der Waals surface area contributed by atoms with Crippen LogP contribution in [0.3, 0.4) is 0 Å². The molecule has 0 bridgehead atoms. The van der Waals surface area contributed by atoms with Gasteiger partial charge in [0.15, 0.2) is 0 Å². The molecule has 4 rings (SSSR count). The Morgan fingerprint density at radius 2 is 1.72 bits per heavy atom. The zero-order valence-electron chi connectivity index (χ0n) is 16.5. The van der Waals surface area contributed by atoms with Crippen LogP contribution >= 0.6 is 11.3 Å². The number of amides is 2. The molecule has 1 aliphatic carbocycles. The summed E-state index contributed by atoms with van der Waals surface area (Å²) in [6, 6.07) is 7.09. The Morgan fingerprint density at radius 3 is 2.31 bits per heavy atom. The summed E-state index contributed by atoms with van der Waals surface area (Å²) in [4.78, 5) is 24.8. The molecule has 0 aliphatic heterocycles. The van der Waals surface area contributed by atoms with Gasteiger partial charge in [-0.15, -0.1) is 10.2 Å². The minimum atomic E-state index is -1.40. The molecule has 1 heterocycles. The van der Waals surface area contributed by atoms with Crippen LogP contribution in [0.15, 0.2) is 36.4 Å². The molecule has 1 aliphatic rings. The minimum absolute atomic E-state index is 0.186. The number of anilines is 1. The van der Waals surface area contributed by atoms with E-state index in [9.17, 15) is 27.9 Å². The standard InChI is InChI=1S/C21H17F3N4O3S/c22-14-7-16(23)15(17(24)8-14)10-28(21(30)31)9-11-1-3-12(4-2-11)18(29)25-20-27-26-19(32-20)13-5-6-13/h1-4,7-8,13H,5-6,9-10H2,(H,30,31)(H,25,27,29). The molecule has 7 nitrogen and oxygen atoms in total. The van der Waals surface area contributed by atoms with E-state index in [1.807, 2.05) is 0 Å². The summed E-state index contributed by atoms with van der Waals surface area (Å²) in [6.45, 7) is -0.787. The van der Waals surface area contributed by atoms with Crippen LogP contribution in [0.5, 0.6) is 0 Å². The number of hydrogen-bond acceptors (Lipinski definition) is 5. The van der Waals surface area contributed by atoms with Crippen molar-refractivity contribution in [2.24, 2.45) is 0 Å². The fraction of sp³-hybridized carbons (Fsp3) is 0.238. The summed E-state index contributed by atoms with van der Waals surface area (Å²) in [7, 11) is 0. The van der Waals surface area contributed by atoms with Gasteiger partial charge in [0.25, 0.3) is 5.91 Å². The normalized spacial score (nSPS) is 13.1. The van der Waals surface area contributed by atoms with Crippen molar-refractivity contribution in [3.63, 3.8) is 0 Å². The van der Waals surface area contributed by atoms with E-state index in [2.05, 4.69) is 15.5 Å². The van der Waals surface area contributed by atoms with E-state index in [1.165, 1.54) is 35.6 Å². The molecule has 2 aromatic carbocycles. The predicted molar refractivity (Wildman–Crippen MR) is 110 cm³/mol. The molecule has 0 atom stereocenters. The summed E-state index contributed by atoms with van der Waals surface area (Å²) < 4.78 is 40.9. The third-order valence-electron chi connectivity index (χ3n) is 4.90. The van der Waals surface area contributed by atoms with E-state index in [-0.39, 0.29) is 12.5 Å². The van der Waals surface area contributed by atoms with Crippen LogP contribution in [-0.2, 0) is 13.1 Å². The fourth-order valence-corrected chi connectivity index (χ4v) is 3.94. The molecule has 0 saturated heterocycles. The Morgan fingerprint density at radius 1 is 1.06 bits per heavy atom. The lowest BCUT2D eigenvalue weighted by molar-refractivity contribution is 0.102. The van der Waals surface area contributed by atoms with Gasteiger partial charge >= 0.3 is 6.09 Å². The Hall–Kier alpha value is -3.47. The largest absolute Gasteiger partial charge is 0.465 e. The first-order chi connectivity index (χ1) is 15.3. The second kappa shape index (κ2) is 8.95. The average Bonchev–Trinajstić information content (AvgIpc) is 3.49. The lowest BCUT2D eigenvalue weighted by Crippen LogP contribution is -2.29. The molecule has 0 radical (unpaired) electrons. The van der Waals surface area contributed by atoms with Crippen LogP contribution in [0, 0.1) is 17.5 Å². The number of halogens is 3. The van der Waals surface area contributed by atoms with Gasteiger partial charge in [-0.3, -0.25) is 15.0 Å². The molecule has 3 aromatic rings. The number of hydrogen-bond donors (Lipinski definition) is 2. The third kappa shape index (κ3) is 5.05. The average molecular weight is 462 g/mol. The van der Waals surface area contributed by atoms with Crippen LogP contribution in [0.2, 0.25) is 0 Å². The van der Waals surface area contributed by atoms with E-state index >= 15 is 0 Å². The van der Waals surface area contributed by atoms with E-state index in [0.717, 1.165) is 22.7 Å². The second-order valence-electron chi connectivity index (χ2n) is 7.36. The fourth-order valence-electron chi connectivity index (χ4n) is 3.04. The molecule has 1 fully saturated rings. The number of carbonyl (C=O) groups excluding carboxylic acids is 1. The van der Waals surface area contributed by atoms with Gasteiger partial charge in [0.1, 0.15) is 22.5 Å². The Labute approximate surface area is 184 Å². The summed E-state index contributed by atoms with van der Waals surface area (Å²) in [6.07, 6.45) is 0.757. The maximum Gasteiger partial charge on any atom is 0.407 e. The van der Waals surface area contributed by atoms with Crippen molar-refractivity contribution in [1.82, 2.24) is 15.1 Å². The Bertz CT molecular complexity index is 1140. The lowest BCUT2D eigenvalue weighted by atomic mass is 10.1. The molecule has 32 heavy (non-hydrogen) atoms. The second-order valence-corrected chi connectivity index (χ2v) is 8.37. The van der Waals surface area contributed by atoms with Gasteiger partial charge in [0.05, 0.1) is 6.54 Å². The van der Waals surface area contributed by atoms with Crippen molar-refractivity contribution in [2.75, 3.05) is 5.32 Å². The van der Waals surface area contributed by atoms with E-state index < -0.39 is 35.7 Å². The molecular weight excluding hydrogens is 445 g/mol. The molecule has 2 N–H and O–H groups in total. The van der Waals surface area contributed by atoms with Crippen molar-refractivity contribution in [2.45, 2.75) is 31.8 Å². The van der Waals surface area contributed by atoms with E-state index in [4.69, 9.17) is 0 Å². The summed E-state index contributed by atoms with van der Waals surface area (Å²) >= 11 is 1.33. The van der Waals surface area contributed by atoms with Gasteiger partial charge in [-0.2, -0.15) is 0 Å². The molecule has 0 unspecified atom stereocenters. The number of carbonyl (C=O) groups is 2. The Kier molecular flexibility index (Phi) is 6.08. The van der Waals surface area contributed by atoms with Crippen molar-refractivity contribution >= 4 is 28.5 Å². The number of aromatic nitrogens is 2. The highest BCUT2D eigenvalue weighted by atomic mass is 32.1. The molecule has 2 amide bonds. The van der Waals surface area contributed by atoms with Gasteiger partial charge in [-0.1, -0.05) is 23.5 Å². The van der Waals surface area contributed by atoms with Crippen LogP contribution in [0.1, 0.15) is 45.3 Å². The van der Waals surface area contributed by atoms with Crippen molar-refractivity contribution in [1.29, 1.82) is 0 Å². The molecule has 1 aromatic heterocycles. The number of nitrogens with zero attached hydrogens (tertiary/aromatic N) is 3. The quantitative estimate of drug-likeness (QED) is 0.528. The van der Waals surface area contributed by atoms with E-state index in [1.54, 1.807) is 0 Å². The van der Waals surface area contributed by atoms with E-state index in [0.29, 0.717) is 34.3 Å². The SMILES string of the molecule is O=C(Nc1nnc(C2CC2)s1)c1ccc(CN(Cc2c(F)cc(F)cc2F)C(=O)O)cc1. The van der Waals surface area contributed by atoms with Crippen molar-refractivity contribution < 1.29 is 27.9 Å². The van der Waals surface area contributed by atoms with Crippen LogP contribution in [0.25, 0.3) is 0 Å². The minimum Gasteiger partial charge on any atom is -0.465 e. The first-order valence-corrected chi connectivity index (χ1v) is 10.5. The molecule has 0 spiro atoms. The highest BCUT2D eigenvalue weighted by molar-refractivity contribution is 7.15. The highest BCUT2D eigenvalue weighted by Gasteiger charge is 2.28. The first kappa shape index (κ1) is 21.8. The lowest BCUT2D eigenvalue weighted by Gasteiger charge is -2.20. The van der Waals surface area contributed by atoms with Crippen LogP contribution in [0.4, 0.5) is 23.1 Å². The highest BCUT2D eigenvalue weighted by Crippen LogP contribution is 2.42. The molecular formula is C21H17F3N4O3S. The van der Waals surface area contributed by atoms with Crippen molar-refractivity contribution in [3.05, 3.63) is 75.5 Å². The zero-order chi connectivity index (χ0) is 22.8. The monoisotopic (exact) mass is 462 g/mol. The van der Waals surface area contributed by atoms with Gasteiger partial charge in [-0.25, -0.2) is 18.0 Å². The topological polar surface area (TPSA) is 95.4 Å². The first-order valence-electron chi connectivity index (χ1n) is 9.65. The molecule has 1 saturated carbocycles. The summed E-state index contributed by atoms with van der Waals surface area (Å²) in [5.41, 5.74) is 0.278. The molecule has 166 valence electrons. The van der Waals surface area contributed by atoms with Gasteiger partial charge in [0.2, 0.25) is 5.13 Å². The maximum atomic E-state index is 13.9.